The Morgan fingerprint density at radius 3 is 2.62 bits per heavy atom. The van der Waals surface area contributed by atoms with Crippen LogP contribution in [0.1, 0.15) is 42.9 Å². The molecule has 0 aromatic heterocycles. The van der Waals surface area contributed by atoms with Gasteiger partial charge in [0.25, 0.3) is 0 Å². The Bertz CT molecular complexity index is 771. The smallest absolute Gasteiger partial charge is 0.407 e. The fourth-order valence-electron chi connectivity index (χ4n) is 2.99. The third-order valence-corrected chi connectivity index (χ3v) is 4.39. The van der Waals surface area contributed by atoms with Gasteiger partial charge in [-0.25, -0.2) is 4.79 Å². The number of aromatic hydroxyl groups is 2. The number of amides is 1. The van der Waals surface area contributed by atoms with Crippen molar-refractivity contribution < 1.29 is 19.7 Å². The van der Waals surface area contributed by atoms with Crippen LogP contribution in [0.15, 0.2) is 30.3 Å². The summed E-state index contributed by atoms with van der Waals surface area (Å²) in [5, 5.41) is 23.8. The number of hydrogen-bond acceptors (Lipinski definition) is 4. The van der Waals surface area contributed by atoms with Crippen molar-refractivity contribution in [1.82, 2.24) is 5.32 Å². The van der Waals surface area contributed by atoms with E-state index in [1.807, 2.05) is 31.2 Å². The molecule has 140 valence electrons. The van der Waals surface area contributed by atoms with Crippen LogP contribution in [0.2, 0.25) is 0 Å². The number of unbranched alkanes of at least 4 members (excludes halogenated alkanes) is 2. The standard InChI is InChI=1S/C21H27NO4/c1-4-5-6-9-15-12-18(23)19(16-10-7-8-14(2)11-16)20(24)17(15)13-26-21(25)22-3/h7-8,10-12,23-24H,4-6,9,13H2,1-3H3,(H,22,25). The first-order valence-corrected chi connectivity index (χ1v) is 8.96. The zero-order valence-corrected chi connectivity index (χ0v) is 15.6. The van der Waals surface area contributed by atoms with E-state index in [-0.39, 0.29) is 18.1 Å². The van der Waals surface area contributed by atoms with Crippen molar-refractivity contribution in [2.45, 2.75) is 46.1 Å². The molecule has 3 N–H and O–H groups in total. The van der Waals surface area contributed by atoms with Gasteiger partial charge in [0, 0.05) is 12.6 Å². The normalized spacial score (nSPS) is 10.6. The summed E-state index contributed by atoms with van der Waals surface area (Å²) in [7, 11) is 1.49. The molecule has 0 spiro atoms. The van der Waals surface area contributed by atoms with Crippen molar-refractivity contribution in [2.24, 2.45) is 0 Å². The number of phenols is 2. The van der Waals surface area contributed by atoms with E-state index in [1.54, 1.807) is 6.07 Å². The molecule has 0 saturated carbocycles. The quantitative estimate of drug-likeness (QED) is 0.630. The van der Waals surface area contributed by atoms with Gasteiger partial charge in [-0.15, -0.1) is 0 Å². The van der Waals surface area contributed by atoms with E-state index in [2.05, 4.69) is 12.2 Å². The number of alkyl carbamates (subject to hydrolysis) is 1. The molecule has 0 aliphatic heterocycles. The highest BCUT2D eigenvalue weighted by atomic mass is 16.5. The van der Waals surface area contributed by atoms with E-state index in [1.165, 1.54) is 7.05 Å². The predicted molar refractivity (Wildman–Crippen MR) is 102 cm³/mol. The average molecular weight is 357 g/mol. The van der Waals surface area contributed by atoms with E-state index < -0.39 is 6.09 Å². The molecule has 0 saturated heterocycles. The SMILES string of the molecule is CCCCCc1cc(O)c(-c2cccc(C)c2)c(O)c1COC(=O)NC. The van der Waals surface area contributed by atoms with Gasteiger partial charge in [0.15, 0.2) is 0 Å². The molecular weight excluding hydrogens is 330 g/mol. The highest BCUT2D eigenvalue weighted by Gasteiger charge is 2.20. The molecule has 0 bridgehead atoms. The Balaban J connectivity index is 2.48. The first-order chi connectivity index (χ1) is 12.5. The van der Waals surface area contributed by atoms with Crippen LogP contribution in [-0.2, 0) is 17.8 Å². The maximum absolute atomic E-state index is 11.5. The molecule has 0 radical (unpaired) electrons. The minimum Gasteiger partial charge on any atom is -0.507 e. The number of carbonyl (C=O) groups is 1. The van der Waals surface area contributed by atoms with Crippen LogP contribution in [0.3, 0.4) is 0 Å². The summed E-state index contributed by atoms with van der Waals surface area (Å²) in [6.07, 6.45) is 3.20. The molecule has 0 aliphatic rings. The van der Waals surface area contributed by atoms with E-state index in [0.29, 0.717) is 17.5 Å². The maximum Gasteiger partial charge on any atom is 0.407 e. The Morgan fingerprint density at radius 2 is 1.96 bits per heavy atom. The Hall–Kier alpha value is -2.69. The molecule has 2 aromatic rings. The van der Waals surface area contributed by atoms with Gasteiger partial charge in [-0.1, -0.05) is 49.6 Å². The molecule has 2 rings (SSSR count). The lowest BCUT2D eigenvalue weighted by molar-refractivity contribution is 0.140. The number of carbonyl (C=O) groups excluding carboxylic acids is 1. The fraction of sp³-hybridized carbons (Fsp3) is 0.381. The van der Waals surface area contributed by atoms with Gasteiger partial charge < -0.3 is 20.3 Å². The third-order valence-electron chi connectivity index (χ3n) is 4.39. The van der Waals surface area contributed by atoms with Crippen molar-refractivity contribution in [2.75, 3.05) is 7.05 Å². The lowest BCUT2D eigenvalue weighted by Crippen LogP contribution is -2.19. The van der Waals surface area contributed by atoms with Crippen LogP contribution in [0.5, 0.6) is 11.5 Å². The lowest BCUT2D eigenvalue weighted by atomic mass is 9.93. The summed E-state index contributed by atoms with van der Waals surface area (Å²) >= 11 is 0. The number of rotatable bonds is 7. The Kier molecular flexibility index (Phi) is 6.89. The number of hydrogen-bond donors (Lipinski definition) is 3. The number of benzene rings is 2. The van der Waals surface area contributed by atoms with Crippen LogP contribution in [0.25, 0.3) is 11.1 Å². The van der Waals surface area contributed by atoms with Gasteiger partial charge in [0.05, 0.1) is 5.56 Å². The first-order valence-electron chi connectivity index (χ1n) is 8.96. The lowest BCUT2D eigenvalue weighted by Gasteiger charge is -2.17. The Morgan fingerprint density at radius 1 is 1.19 bits per heavy atom. The molecule has 0 heterocycles. The summed E-state index contributed by atoms with van der Waals surface area (Å²) < 4.78 is 5.17. The second-order valence-corrected chi connectivity index (χ2v) is 6.41. The summed E-state index contributed by atoms with van der Waals surface area (Å²) in [6, 6.07) is 9.23. The molecule has 2 aromatic carbocycles. The molecule has 5 nitrogen and oxygen atoms in total. The molecule has 0 aliphatic carbocycles. The molecule has 0 atom stereocenters. The summed E-state index contributed by atoms with van der Waals surface area (Å²) in [4.78, 5) is 11.5. The topological polar surface area (TPSA) is 78.8 Å². The summed E-state index contributed by atoms with van der Waals surface area (Å²) in [5.74, 6) is -0.00528. The number of ether oxygens (including phenoxy) is 1. The number of phenolic OH excluding ortho intramolecular Hbond substituents is 2. The van der Waals surface area contributed by atoms with Gasteiger partial charge >= 0.3 is 6.09 Å². The summed E-state index contributed by atoms with van der Waals surface area (Å²) in [6.45, 7) is 4.02. The summed E-state index contributed by atoms with van der Waals surface area (Å²) in [5.41, 5.74) is 3.45. The van der Waals surface area contributed by atoms with Gasteiger partial charge in [-0.3, -0.25) is 0 Å². The zero-order chi connectivity index (χ0) is 19.1. The predicted octanol–water partition coefficient (Wildman–Crippen LogP) is 4.66. The van der Waals surface area contributed by atoms with Crippen molar-refractivity contribution in [3.8, 4) is 22.6 Å². The van der Waals surface area contributed by atoms with Crippen LogP contribution >= 0.6 is 0 Å². The molecule has 1 amide bonds. The first kappa shape index (κ1) is 19.6. The van der Waals surface area contributed by atoms with Crippen molar-refractivity contribution in [1.29, 1.82) is 0 Å². The van der Waals surface area contributed by atoms with E-state index in [0.717, 1.165) is 36.0 Å². The third kappa shape index (κ3) is 4.69. The van der Waals surface area contributed by atoms with Crippen molar-refractivity contribution >= 4 is 6.09 Å². The van der Waals surface area contributed by atoms with Crippen LogP contribution < -0.4 is 5.32 Å². The van der Waals surface area contributed by atoms with Gasteiger partial charge in [0.2, 0.25) is 0 Å². The molecular formula is C21H27NO4. The van der Waals surface area contributed by atoms with Crippen LogP contribution in [0.4, 0.5) is 4.79 Å². The number of nitrogens with one attached hydrogen (secondary N) is 1. The largest absolute Gasteiger partial charge is 0.507 e. The monoisotopic (exact) mass is 357 g/mol. The van der Waals surface area contributed by atoms with Gasteiger partial charge in [0.1, 0.15) is 18.1 Å². The van der Waals surface area contributed by atoms with Crippen molar-refractivity contribution in [3.05, 3.63) is 47.0 Å². The molecule has 0 fully saturated rings. The zero-order valence-electron chi connectivity index (χ0n) is 15.6. The van der Waals surface area contributed by atoms with E-state index in [4.69, 9.17) is 4.74 Å². The average Bonchev–Trinajstić information content (AvgIpc) is 2.61. The van der Waals surface area contributed by atoms with E-state index in [9.17, 15) is 15.0 Å². The number of aryl methyl sites for hydroxylation is 2. The fourth-order valence-corrected chi connectivity index (χ4v) is 2.99. The second-order valence-electron chi connectivity index (χ2n) is 6.41. The van der Waals surface area contributed by atoms with Crippen LogP contribution in [-0.4, -0.2) is 23.4 Å². The van der Waals surface area contributed by atoms with Crippen molar-refractivity contribution in [3.63, 3.8) is 0 Å². The minimum absolute atomic E-state index is 0.0308. The maximum atomic E-state index is 11.5. The highest BCUT2D eigenvalue weighted by Crippen LogP contribution is 2.42. The molecule has 0 unspecified atom stereocenters. The van der Waals surface area contributed by atoms with Gasteiger partial charge in [-0.05, 0) is 37.0 Å². The minimum atomic E-state index is -0.561. The highest BCUT2D eigenvalue weighted by molar-refractivity contribution is 5.79. The molecule has 5 heteroatoms. The Labute approximate surface area is 154 Å². The van der Waals surface area contributed by atoms with Gasteiger partial charge in [-0.2, -0.15) is 0 Å². The molecule has 26 heavy (non-hydrogen) atoms. The van der Waals surface area contributed by atoms with E-state index >= 15 is 0 Å². The second kappa shape index (κ2) is 9.13. The van der Waals surface area contributed by atoms with Crippen LogP contribution in [0, 0.1) is 6.92 Å².